The van der Waals surface area contributed by atoms with Gasteiger partial charge in [0.15, 0.2) is 11.8 Å². The lowest BCUT2D eigenvalue weighted by Gasteiger charge is -2.12. The van der Waals surface area contributed by atoms with Gasteiger partial charge in [-0.05, 0) is 31.2 Å². The van der Waals surface area contributed by atoms with E-state index in [0.29, 0.717) is 19.7 Å². The van der Waals surface area contributed by atoms with Gasteiger partial charge in [0.2, 0.25) is 0 Å². The minimum absolute atomic E-state index is 0. The maximum atomic E-state index is 5.68. The molecular formula is C16H25IN6O2. The fourth-order valence-electron chi connectivity index (χ4n) is 1.95. The van der Waals surface area contributed by atoms with Crippen LogP contribution in [0.25, 0.3) is 0 Å². The molecule has 0 amide bonds. The van der Waals surface area contributed by atoms with E-state index in [1.54, 1.807) is 13.4 Å². The minimum atomic E-state index is 0. The second kappa shape index (κ2) is 11.5. The number of rotatable bonds is 8. The lowest BCUT2D eigenvalue weighted by atomic mass is 10.3. The zero-order chi connectivity index (χ0) is 17.2. The van der Waals surface area contributed by atoms with Crippen molar-refractivity contribution < 1.29 is 9.47 Å². The molecule has 0 spiro atoms. The summed E-state index contributed by atoms with van der Waals surface area (Å²) in [7, 11) is 3.54. The van der Waals surface area contributed by atoms with E-state index in [0.717, 1.165) is 29.8 Å². The normalized spacial score (nSPS) is 10.8. The van der Waals surface area contributed by atoms with Crippen molar-refractivity contribution in [3.63, 3.8) is 0 Å². The number of halogens is 1. The lowest BCUT2D eigenvalue weighted by molar-refractivity contribution is 0.321. The Labute approximate surface area is 165 Å². The highest BCUT2D eigenvalue weighted by Crippen LogP contribution is 2.16. The number of ether oxygens (including phenoxy) is 2. The fourth-order valence-corrected chi connectivity index (χ4v) is 1.95. The molecule has 0 aliphatic heterocycles. The molecule has 25 heavy (non-hydrogen) atoms. The first-order valence-corrected chi connectivity index (χ1v) is 7.84. The summed E-state index contributed by atoms with van der Waals surface area (Å²) in [6, 6.07) is 7.50. The third kappa shape index (κ3) is 7.16. The summed E-state index contributed by atoms with van der Waals surface area (Å²) in [6.07, 6.45) is 1.66. The van der Waals surface area contributed by atoms with Gasteiger partial charge < -0.3 is 24.7 Å². The van der Waals surface area contributed by atoms with Gasteiger partial charge in [0.1, 0.15) is 31.0 Å². The summed E-state index contributed by atoms with van der Waals surface area (Å²) in [5, 5.41) is 14.3. The molecule has 0 radical (unpaired) electrons. The molecule has 0 atom stereocenters. The van der Waals surface area contributed by atoms with Crippen molar-refractivity contribution in [1.29, 1.82) is 0 Å². The van der Waals surface area contributed by atoms with Gasteiger partial charge in [-0.2, -0.15) is 0 Å². The predicted octanol–water partition coefficient (Wildman–Crippen LogP) is 1.58. The molecule has 0 aliphatic carbocycles. The molecule has 1 aromatic carbocycles. The first kappa shape index (κ1) is 21.0. The van der Waals surface area contributed by atoms with Crippen molar-refractivity contribution in [2.45, 2.75) is 13.5 Å². The second-order valence-electron chi connectivity index (χ2n) is 5.00. The summed E-state index contributed by atoms with van der Waals surface area (Å²) in [5.41, 5.74) is 0. The average molecular weight is 460 g/mol. The van der Waals surface area contributed by atoms with Crippen LogP contribution in [0.3, 0.4) is 0 Å². The number of guanidine groups is 1. The second-order valence-corrected chi connectivity index (χ2v) is 5.00. The molecule has 0 bridgehead atoms. The third-order valence-electron chi connectivity index (χ3n) is 3.25. The fraction of sp³-hybridized carbons (Fsp3) is 0.438. The van der Waals surface area contributed by atoms with Crippen LogP contribution in [-0.4, -0.2) is 47.5 Å². The van der Waals surface area contributed by atoms with Crippen LogP contribution in [0.15, 0.2) is 35.6 Å². The molecule has 138 valence electrons. The number of hydrogen-bond donors (Lipinski definition) is 2. The van der Waals surface area contributed by atoms with Gasteiger partial charge in [-0.3, -0.25) is 0 Å². The molecule has 0 saturated heterocycles. The summed E-state index contributed by atoms with van der Waals surface area (Å²) >= 11 is 0. The molecule has 0 unspecified atom stereocenters. The molecule has 2 aromatic rings. The SMILES string of the molecule is CCNC(=NCc1nncn1C)NCCOc1ccc(OC)cc1.I. The molecule has 2 N–H and O–H groups in total. The Morgan fingerprint density at radius 2 is 1.92 bits per heavy atom. The van der Waals surface area contributed by atoms with E-state index in [1.807, 2.05) is 42.8 Å². The third-order valence-corrected chi connectivity index (χ3v) is 3.25. The first-order chi connectivity index (χ1) is 11.7. The van der Waals surface area contributed by atoms with E-state index in [4.69, 9.17) is 9.47 Å². The Hall–Kier alpha value is -2.04. The zero-order valence-corrected chi connectivity index (χ0v) is 17.1. The highest BCUT2D eigenvalue weighted by molar-refractivity contribution is 14.0. The van der Waals surface area contributed by atoms with E-state index in [2.05, 4.69) is 25.8 Å². The van der Waals surface area contributed by atoms with Crippen LogP contribution >= 0.6 is 24.0 Å². The number of nitrogens with one attached hydrogen (secondary N) is 2. The maximum Gasteiger partial charge on any atom is 0.191 e. The van der Waals surface area contributed by atoms with Crippen LogP contribution in [0.2, 0.25) is 0 Å². The van der Waals surface area contributed by atoms with Crippen molar-refractivity contribution in [3.8, 4) is 11.5 Å². The van der Waals surface area contributed by atoms with Crippen LogP contribution in [0.4, 0.5) is 0 Å². The largest absolute Gasteiger partial charge is 0.497 e. The summed E-state index contributed by atoms with van der Waals surface area (Å²) in [4.78, 5) is 4.48. The standard InChI is InChI=1S/C16H24N6O2.HI/c1-4-17-16(19-11-15-21-20-12-22(15)2)18-9-10-24-14-7-5-13(23-3)6-8-14;/h5-8,12H,4,9-11H2,1-3H3,(H2,17,18,19);1H. The van der Waals surface area contributed by atoms with Crippen molar-refractivity contribution in [1.82, 2.24) is 25.4 Å². The van der Waals surface area contributed by atoms with Crippen molar-refractivity contribution in [2.75, 3.05) is 26.8 Å². The molecule has 9 heteroatoms. The Balaban J connectivity index is 0.00000312. The summed E-state index contributed by atoms with van der Waals surface area (Å²) in [6.45, 7) is 4.43. The molecule has 1 aromatic heterocycles. The Morgan fingerprint density at radius 3 is 2.52 bits per heavy atom. The van der Waals surface area contributed by atoms with E-state index in [9.17, 15) is 0 Å². The average Bonchev–Trinajstić information content (AvgIpc) is 3.02. The minimum Gasteiger partial charge on any atom is -0.497 e. The van der Waals surface area contributed by atoms with Gasteiger partial charge in [0.25, 0.3) is 0 Å². The van der Waals surface area contributed by atoms with Gasteiger partial charge in [0.05, 0.1) is 13.7 Å². The number of nitrogens with zero attached hydrogens (tertiary/aromatic N) is 4. The maximum absolute atomic E-state index is 5.68. The number of aryl methyl sites for hydroxylation is 1. The van der Waals surface area contributed by atoms with E-state index < -0.39 is 0 Å². The zero-order valence-electron chi connectivity index (χ0n) is 14.7. The molecular weight excluding hydrogens is 435 g/mol. The monoisotopic (exact) mass is 460 g/mol. The lowest BCUT2D eigenvalue weighted by Crippen LogP contribution is -2.39. The van der Waals surface area contributed by atoms with Gasteiger partial charge in [-0.15, -0.1) is 34.2 Å². The first-order valence-electron chi connectivity index (χ1n) is 7.84. The number of aliphatic imine (C=N–C) groups is 1. The van der Waals surface area contributed by atoms with Crippen molar-refractivity contribution in [3.05, 3.63) is 36.4 Å². The highest BCUT2D eigenvalue weighted by atomic mass is 127. The smallest absolute Gasteiger partial charge is 0.191 e. The van der Waals surface area contributed by atoms with Crippen LogP contribution in [0.1, 0.15) is 12.7 Å². The summed E-state index contributed by atoms with van der Waals surface area (Å²) < 4.78 is 12.6. The summed E-state index contributed by atoms with van der Waals surface area (Å²) in [5.74, 6) is 3.14. The number of hydrogen-bond acceptors (Lipinski definition) is 5. The highest BCUT2D eigenvalue weighted by Gasteiger charge is 2.02. The van der Waals surface area contributed by atoms with Gasteiger partial charge in [-0.1, -0.05) is 0 Å². The predicted molar refractivity (Wildman–Crippen MR) is 108 cm³/mol. The van der Waals surface area contributed by atoms with Gasteiger partial charge >= 0.3 is 0 Å². The quantitative estimate of drug-likeness (QED) is 0.269. The van der Waals surface area contributed by atoms with E-state index >= 15 is 0 Å². The number of benzene rings is 1. The van der Waals surface area contributed by atoms with Crippen LogP contribution in [-0.2, 0) is 13.6 Å². The van der Waals surface area contributed by atoms with Crippen LogP contribution in [0.5, 0.6) is 11.5 Å². The topological polar surface area (TPSA) is 85.6 Å². The van der Waals surface area contributed by atoms with Gasteiger partial charge in [-0.25, -0.2) is 4.99 Å². The van der Waals surface area contributed by atoms with Crippen molar-refractivity contribution >= 4 is 29.9 Å². The molecule has 1 heterocycles. The van der Waals surface area contributed by atoms with E-state index in [-0.39, 0.29) is 24.0 Å². The molecule has 0 saturated carbocycles. The van der Waals surface area contributed by atoms with Gasteiger partial charge in [0, 0.05) is 13.6 Å². The molecule has 0 aliphatic rings. The number of aromatic nitrogens is 3. The van der Waals surface area contributed by atoms with Crippen molar-refractivity contribution in [2.24, 2.45) is 12.0 Å². The van der Waals surface area contributed by atoms with Crippen LogP contribution < -0.4 is 20.1 Å². The Kier molecular flexibility index (Phi) is 9.66. The van der Waals surface area contributed by atoms with Crippen LogP contribution in [0, 0.1) is 0 Å². The molecule has 8 nitrogen and oxygen atoms in total. The molecule has 2 rings (SSSR count). The Bertz CT molecular complexity index is 644. The van der Waals surface area contributed by atoms with E-state index in [1.165, 1.54) is 0 Å². The number of methoxy groups -OCH3 is 1. The molecule has 0 fully saturated rings. The Morgan fingerprint density at radius 1 is 1.20 bits per heavy atom.